The van der Waals surface area contributed by atoms with Crippen LogP contribution in [0.2, 0.25) is 0 Å². The first-order valence-electron chi connectivity index (χ1n) is 9.88. The van der Waals surface area contributed by atoms with Crippen molar-refractivity contribution in [3.05, 3.63) is 58.9 Å². The third-order valence-corrected chi connectivity index (χ3v) is 7.25. The lowest BCUT2D eigenvalue weighted by atomic mass is 9.87. The zero-order chi connectivity index (χ0) is 21.2. The number of aryl methyl sites for hydroxylation is 1. The Kier molecular flexibility index (Phi) is 6.39. The summed E-state index contributed by atoms with van der Waals surface area (Å²) >= 11 is 0. The summed E-state index contributed by atoms with van der Waals surface area (Å²) in [6, 6.07) is 8.61. The maximum atomic E-state index is 14.3. The van der Waals surface area contributed by atoms with Crippen molar-refractivity contribution in [2.45, 2.75) is 57.4 Å². The average molecular weight is 419 g/mol. The van der Waals surface area contributed by atoms with Crippen LogP contribution in [-0.2, 0) is 10.0 Å². The summed E-state index contributed by atoms with van der Waals surface area (Å²) in [5.41, 5.74) is 2.13. The maximum Gasteiger partial charge on any atom is 0.258 e. The van der Waals surface area contributed by atoms with Gasteiger partial charge in [-0.3, -0.25) is 4.79 Å². The first-order chi connectivity index (χ1) is 13.7. The van der Waals surface area contributed by atoms with Crippen LogP contribution in [0.3, 0.4) is 0 Å². The third-order valence-electron chi connectivity index (χ3n) is 5.76. The minimum atomic E-state index is -3.85. The highest BCUT2D eigenvalue weighted by Crippen LogP contribution is 2.26. The number of hydrogen-bond donors (Lipinski definition) is 2. The molecular weight excluding hydrogens is 391 g/mol. The van der Waals surface area contributed by atoms with Gasteiger partial charge in [0.2, 0.25) is 10.0 Å². The molecule has 2 aromatic carbocycles. The monoisotopic (exact) mass is 418 g/mol. The standard InChI is InChI=1S/C22H27FN2O3S/c1-14-8-6-10-21(16(14)3)24-22(26)18-13-17(11-12-19(18)23)29(27,28)25-20-9-5-4-7-15(20)2/h6,8,10-13,15,20,25H,4-5,7,9H2,1-3H3,(H,24,26)/t15-,20+/m0/s1. The van der Waals surface area contributed by atoms with E-state index in [4.69, 9.17) is 0 Å². The molecule has 0 unspecified atom stereocenters. The molecule has 1 aliphatic rings. The summed E-state index contributed by atoms with van der Waals surface area (Å²) in [5, 5.41) is 2.68. The number of nitrogens with one attached hydrogen (secondary N) is 2. The van der Waals surface area contributed by atoms with Crippen LogP contribution in [0.25, 0.3) is 0 Å². The van der Waals surface area contributed by atoms with Gasteiger partial charge in [-0.15, -0.1) is 0 Å². The van der Waals surface area contributed by atoms with Gasteiger partial charge in [-0.2, -0.15) is 0 Å². The lowest BCUT2D eigenvalue weighted by Crippen LogP contribution is -2.41. The highest BCUT2D eigenvalue weighted by atomic mass is 32.2. The molecule has 5 nitrogen and oxygen atoms in total. The van der Waals surface area contributed by atoms with E-state index in [-0.39, 0.29) is 22.4 Å². The van der Waals surface area contributed by atoms with Crippen molar-refractivity contribution < 1.29 is 17.6 Å². The molecular formula is C22H27FN2O3S. The maximum absolute atomic E-state index is 14.3. The molecule has 0 aromatic heterocycles. The van der Waals surface area contributed by atoms with E-state index in [1.807, 2.05) is 26.8 Å². The van der Waals surface area contributed by atoms with E-state index in [1.165, 1.54) is 6.07 Å². The highest BCUT2D eigenvalue weighted by Gasteiger charge is 2.27. The van der Waals surface area contributed by atoms with Gasteiger partial charge >= 0.3 is 0 Å². The van der Waals surface area contributed by atoms with Crippen molar-refractivity contribution in [1.82, 2.24) is 4.72 Å². The molecule has 0 heterocycles. The molecule has 1 saturated carbocycles. The molecule has 0 radical (unpaired) electrons. The van der Waals surface area contributed by atoms with E-state index >= 15 is 0 Å². The Labute approximate surface area is 171 Å². The number of rotatable bonds is 5. The molecule has 2 N–H and O–H groups in total. The molecule has 2 aromatic rings. The molecule has 0 saturated heterocycles. The second-order valence-electron chi connectivity index (χ2n) is 7.83. The van der Waals surface area contributed by atoms with Crippen molar-refractivity contribution in [3.63, 3.8) is 0 Å². The van der Waals surface area contributed by atoms with Gasteiger partial charge in [0.1, 0.15) is 5.82 Å². The minimum absolute atomic E-state index is 0.109. The topological polar surface area (TPSA) is 75.3 Å². The van der Waals surface area contributed by atoms with Gasteiger partial charge in [-0.05, 0) is 68.0 Å². The van der Waals surface area contributed by atoms with Gasteiger partial charge in [-0.25, -0.2) is 17.5 Å². The quantitative estimate of drug-likeness (QED) is 0.748. The first-order valence-corrected chi connectivity index (χ1v) is 11.4. The number of anilines is 1. The smallest absolute Gasteiger partial charge is 0.258 e. The number of hydrogen-bond acceptors (Lipinski definition) is 3. The van der Waals surface area contributed by atoms with E-state index < -0.39 is 21.7 Å². The number of carbonyl (C=O) groups is 1. The molecule has 1 aliphatic carbocycles. The number of benzene rings is 2. The van der Waals surface area contributed by atoms with Crippen LogP contribution in [0.4, 0.5) is 10.1 Å². The van der Waals surface area contributed by atoms with E-state index in [9.17, 15) is 17.6 Å². The third kappa shape index (κ3) is 4.85. The van der Waals surface area contributed by atoms with Crippen LogP contribution in [0, 0.1) is 25.6 Å². The summed E-state index contributed by atoms with van der Waals surface area (Å²) in [5.74, 6) is -1.21. The minimum Gasteiger partial charge on any atom is -0.322 e. The summed E-state index contributed by atoms with van der Waals surface area (Å²) in [6.07, 6.45) is 3.82. The highest BCUT2D eigenvalue weighted by molar-refractivity contribution is 7.89. The molecule has 7 heteroatoms. The fraction of sp³-hybridized carbons (Fsp3) is 0.409. The zero-order valence-corrected chi connectivity index (χ0v) is 17.8. The van der Waals surface area contributed by atoms with Crippen LogP contribution < -0.4 is 10.0 Å². The van der Waals surface area contributed by atoms with Crippen LogP contribution in [0.15, 0.2) is 41.3 Å². The van der Waals surface area contributed by atoms with E-state index in [1.54, 1.807) is 12.1 Å². The molecule has 3 rings (SSSR count). The molecule has 156 valence electrons. The Morgan fingerprint density at radius 2 is 1.83 bits per heavy atom. The molecule has 1 fully saturated rings. The van der Waals surface area contributed by atoms with Gasteiger partial charge in [0.05, 0.1) is 10.5 Å². The van der Waals surface area contributed by atoms with E-state index in [0.717, 1.165) is 48.9 Å². The van der Waals surface area contributed by atoms with Crippen LogP contribution in [0.5, 0.6) is 0 Å². The fourth-order valence-corrected chi connectivity index (χ4v) is 5.09. The van der Waals surface area contributed by atoms with Gasteiger partial charge in [0, 0.05) is 11.7 Å². The van der Waals surface area contributed by atoms with Crippen molar-refractivity contribution in [1.29, 1.82) is 0 Å². The summed E-state index contributed by atoms with van der Waals surface area (Å²) in [4.78, 5) is 12.5. The molecule has 0 bridgehead atoms. The number of sulfonamides is 1. The lowest BCUT2D eigenvalue weighted by molar-refractivity contribution is 0.102. The number of halogens is 1. The Morgan fingerprint density at radius 3 is 2.55 bits per heavy atom. The Morgan fingerprint density at radius 1 is 1.10 bits per heavy atom. The van der Waals surface area contributed by atoms with Gasteiger partial charge < -0.3 is 5.32 Å². The van der Waals surface area contributed by atoms with E-state index in [2.05, 4.69) is 10.0 Å². The molecule has 0 spiro atoms. The molecule has 29 heavy (non-hydrogen) atoms. The predicted molar refractivity (Wildman–Crippen MR) is 112 cm³/mol. The van der Waals surface area contributed by atoms with Crippen molar-refractivity contribution >= 4 is 21.6 Å². The lowest BCUT2D eigenvalue weighted by Gasteiger charge is -2.29. The van der Waals surface area contributed by atoms with Gasteiger partial charge in [0.25, 0.3) is 5.91 Å². The number of carbonyl (C=O) groups excluding carboxylic acids is 1. The largest absolute Gasteiger partial charge is 0.322 e. The molecule has 1 amide bonds. The van der Waals surface area contributed by atoms with Crippen molar-refractivity contribution in [2.75, 3.05) is 5.32 Å². The van der Waals surface area contributed by atoms with Gasteiger partial charge in [-0.1, -0.05) is 31.9 Å². The normalized spacial score (nSPS) is 19.7. The Balaban J connectivity index is 1.85. The fourth-order valence-electron chi connectivity index (χ4n) is 3.68. The molecule has 0 aliphatic heterocycles. The summed E-state index contributed by atoms with van der Waals surface area (Å²) in [7, 11) is -3.85. The number of amides is 1. The second kappa shape index (κ2) is 8.63. The average Bonchev–Trinajstić information content (AvgIpc) is 2.67. The summed E-state index contributed by atoms with van der Waals surface area (Å²) < 4.78 is 42.7. The Hall–Kier alpha value is -2.25. The van der Waals surface area contributed by atoms with Crippen molar-refractivity contribution in [2.24, 2.45) is 5.92 Å². The first kappa shape index (κ1) is 21.5. The predicted octanol–water partition coefficient (Wildman–Crippen LogP) is 4.55. The zero-order valence-electron chi connectivity index (χ0n) is 17.0. The summed E-state index contributed by atoms with van der Waals surface area (Å²) in [6.45, 7) is 5.80. The van der Waals surface area contributed by atoms with E-state index in [0.29, 0.717) is 5.69 Å². The molecule has 2 atom stereocenters. The van der Waals surface area contributed by atoms with Crippen LogP contribution >= 0.6 is 0 Å². The SMILES string of the molecule is Cc1cccc(NC(=O)c2cc(S(=O)(=O)N[C@@H]3CCCC[C@@H]3C)ccc2F)c1C. The van der Waals surface area contributed by atoms with Crippen LogP contribution in [0.1, 0.15) is 54.1 Å². The van der Waals surface area contributed by atoms with Crippen molar-refractivity contribution in [3.8, 4) is 0 Å². The van der Waals surface area contributed by atoms with Gasteiger partial charge in [0.15, 0.2) is 0 Å². The van der Waals surface area contributed by atoms with Crippen LogP contribution in [-0.4, -0.2) is 20.4 Å². The second-order valence-corrected chi connectivity index (χ2v) is 9.55. The Bertz CT molecular complexity index is 1020.